The lowest BCUT2D eigenvalue weighted by Gasteiger charge is -2.09. The van der Waals surface area contributed by atoms with E-state index in [0.717, 1.165) is 11.1 Å². The molecule has 80 valence electrons. The van der Waals surface area contributed by atoms with Gasteiger partial charge in [-0.05, 0) is 30.0 Å². The van der Waals surface area contributed by atoms with Crippen molar-refractivity contribution in [1.29, 1.82) is 0 Å². The van der Waals surface area contributed by atoms with Gasteiger partial charge in [-0.15, -0.1) is 0 Å². The van der Waals surface area contributed by atoms with E-state index in [-0.39, 0.29) is 19.4 Å². The zero-order valence-electron chi connectivity index (χ0n) is 8.24. The largest absolute Gasteiger partial charge is 0.398 e. The number of aliphatic hydroxyl groups excluding tert-OH is 2. The number of nitrogen functional groups attached to an aromatic ring is 1. The van der Waals surface area contributed by atoms with E-state index in [1.54, 1.807) is 0 Å². The van der Waals surface area contributed by atoms with Crippen molar-refractivity contribution in [2.75, 3.05) is 18.9 Å². The van der Waals surface area contributed by atoms with E-state index in [4.69, 9.17) is 15.9 Å². The molecule has 7 N–H and O–H groups in total. The summed E-state index contributed by atoms with van der Waals surface area (Å²) in [5.41, 5.74) is 8.42. The van der Waals surface area contributed by atoms with Crippen LogP contribution in [0.5, 0.6) is 0 Å². The van der Waals surface area contributed by atoms with Crippen molar-refractivity contribution in [2.45, 2.75) is 12.8 Å². The summed E-state index contributed by atoms with van der Waals surface area (Å²) in [6.07, 6.45) is 1.16. The van der Waals surface area contributed by atoms with Gasteiger partial charge >= 0.3 is 0 Å². The van der Waals surface area contributed by atoms with Crippen molar-refractivity contribution in [2.24, 2.45) is 0 Å². The summed E-state index contributed by atoms with van der Waals surface area (Å²) in [6, 6.07) is 5.60. The molecule has 0 atom stereocenters. The molecule has 0 aliphatic heterocycles. The highest BCUT2D eigenvalue weighted by atomic mass is 16.3. The highest BCUT2D eigenvalue weighted by Crippen LogP contribution is 2.17. The molecule has 1 aromatic rings. The fourth-order valence-electron chi connectivity index (χ4n) is 1.43. The second-order valence-electron chi connectivity index (χ2n) is 2.93. The molecule has 0 amide bonds. The Morgan fingerprint density at radius 1 is 1.07 bits per heavy atom. The van der Waals surface area contributed by atoms with E-state index in [9.17, 15) is 0 Å². The molecule has 14 heavy (non-hydrogen) atoms. The predicted octanol–water partition coefficient (Wildman–Crippen LogP) is 0.500. The van der Waals surface area contributed by atoms with Gasteiger partial charge in [-0.25, -0.2) is 0 Å². The molecule has 1 rings (SSSR count). The van der Waals surface area contributed by atoms with Gasteiger partial charge in [-0.2, -0.15) is 0 Å². The van der Waals surface area contributed by atoms with Gasteiger partial charge in [0.05, 0.1) is 0 Å². The third-order valence-electron chi connectivity index (χ3n) is 2.05. The van der Waals surface area contributed by atoms with Crippen LogP contribution in [-0.2, 0) is 12.8 Å². The van der Waals surface area contributed by atoms with Crippen molar-refractivity contribution < 1.29 is 10.2 Å². The maximum atomic E-state index is 8.82. The molecule has 4 nitrogen and oxygen atoms in total. The summed E-state index contributed by atoms with van der Waals surface area (Å²) in [5.74, 6) is 0. The molecule has 1 aromatic carbocycles. The van der Waals surface area contributed by atoms with Crippen LogP contribution in [-0.4, -0.2) is 23.4 Å². The average molecular weight is 198 g/mol. The second kappa shape index (κ2) is 6.37. The zero-order chi connectivity index (χ0) is 9.68. The van der Waals surface area contributed by atoms with E-state index >= 15 is 0 Å². The van der Waals surface area contributed by atoms with Crippen LogP contribution in [0.1, 0.15) is 11.1 Å². The van der Waals surface area contributed by atoms with Gasteiger partial charge in [0, 0.05) is 18.9 Å². The highest BCUT2D eigenvalue weighted by Gasteiger charge is 2.04. The number of aliphatic hydroxyl groups is 2. The number of anilines is 1. The van der Waals surface area contributed by atoms with Gasteiger partial charge in [-0.1, -0.05) is 12.1 Å². The fraction of sp³-hybridized carbons (Fsp3) is 0.400. The van der Waals surface area contributed by atoms with E-state index < -0.39 is 0 Å². The minimum absolute atomic E-state index is 0. The molecule has 0 aliphatic rings. The smallest absolute Gasteiger partial charge is 0.0472 e. The molecule has 0 bridgehead atoms. The molecule has 0 fully saturated rings. The Morgan fingerprint density at radius 3 is 2.29 bits per heavy atom. The Bertz CT molecular complexity index is 277. The van der Waals surface area contributed by atoms with Crippen molar-refractivity contribution >= 4 is 5.69 Å². The summed E-state index contributed by atoms with van der Waals surface area (Å²) in [5, 5.41) is 17.6. The first-order chi connectivity index (χ1) is 6.29. The van der Waals surface area contributed by atoms with Crippen LogP contribution in [0.15, 0.2) is 18.2 Å². The van der Waals surface area contributed by atoms with Crippen molar-refractivity contribution in [3.05, 3.63) is 29.3 Å². The lowest BCUT2D eigenvalue weighted by atomic mass is 10.0. The Morgan fingerprint density at radius 2 is 1.71 bits per heavy atom. The summed E-state index contributed by atoms with van der Waals surface area (Å²) >= 11 is 0. The standard InChI is InChI=1S/C10H15NO2.H3N/c11-10-3-1-2-8(4-6-12)9(10)5-7-13;/h1-3,12-13H,4-7,11H2;1H3. The second-order valence-corrected chi connectivity index (χ2v) is 2.93. The number of hydrogen-bond donors (Lipinski definition) is 4. The third-order valence-corrected chi connectivity index (χ3v) is 2.05. The van der Waals surface area contributed by atoms with Crippen LogP contribution in [0.3, 0.4) is 0 Å². The molecule has 0 spiro atoms. The van der Waals surface area contributed by atoms with E-state index in [1.807, 2.05) is 18.2 Å². The van der Waals surface area contributed by atoms with Gasteiger partial charge in [0.1, 0.15) is 0 Å². The zero-order valence-corrected chi connectivity index (χ0v) is 8.24. The Kier molecular flexibility index (Phi) is 5.87. The van der Waals surface area contributed by atoms with Crippen molar-refractivity contribution in [3.63, 3.8) is 0 Å². The maximum Gasteiger partial charge on any atom is 0.0472 e. The third kappa shape index (κ3) is 2.99. The molecule has 0 radical (unpaired) electrons. The highest BCUT2D eigenvalue weighted by molar-refractivity contribution is 5.51. The van der Waals surface area contributed by atoms with Crippen LogP contribution < -0.4 is 11.9 Å². The lowest BCUT2D eigenvalue weighted by molar-refractivity contribution is 0.293. The number of nitrogens with two attached hydrogens (primary N) is 1. The number of rotatable bonds is 4. The van der Waals surface area contributed by atoms with Gasteiger partial charge in [0.2, 0.25) is 0 Å². The average Bonchev–Trinajstić information content (AvgIpc) is 2.11. The van der Waals surface area contributed by atoms with E-state index in [2.05, 4.69) is 0 Å². The van der Waals surface area contributed by atoms with Crippen molar-refractivity contribution in [3.8, 4) is 0 Å². The van der Waals surface area contributed by atoms with Crippen molar-refractivity contribution in [1.82, 2.24) is 6.15 Å². The molecule has 0 aromatic heterocycles. The summed E-state index contributed by atoms with van der Waals surface area (Å²) in [6.45, 7) is 0.203. The predicted molar refractivity (Wildman–Crippen MR) is 57.5 cm³/mol. The monoisotopic (exact) mass is 198 g/mol. The fourth-order valence-corrected chi connectivity index (χ4v) is 1.43. The minimum atomic E-state index is 0. The van der Waals surface area contributed by atoms with Crippen LogP contribution in [0.2, 0.25) is 0 Å². The minimum Gasteiger partial charge on any atom is -0.398 e. The SMILES string of the molecule is N.Nc1cccc(CCO)c1CCO. The van der Waals surface area contributed by atoms with Gasteiger partial charge < -0.3 is 22.1 Å². The summed E-state index contributed by atoms with van der Waals surface area (Å²) in [7, 11) is 0. The first kappa shape index (κ1) is 12.9. The molecular formula is C10H18N2O2. The van der Waals surface area contributed by atoms with Gasteiger partial charge in [0.15, 0.2) is 0 Å². The molecule has 0 saturated heterocycles. The Balaban J connectivity index is 0.00000169. The van der Waals surface area contributed by atoms with Gasteiger partial charge in [-0.3, -0.25) is 0 Å². The Labute approximate surface area is 84.0 Å². The van der Waals surface area contributed by atoms with E-state index in [1.165, 1.54) is 0 Å². The summed E-state index contributed by atoms with van der Waals surface area (Å²) in [4.78, 5) is 0. The van der Waals surface area contributed by atoms with E-state index in [0.29, 0.717) is 18.5 Å². The molecule has 0 unspecified atom stereocenters. The number of benzene rings is 1. The molecule has 4 heteroatoms. The van der Waals surface area contributed by atoms with Crippen LogP contribution in [0, 0.1) is 0 Å². The van der Waals surface area contributed by atoms with Crippen LogP contribution in [0.4, 0.5) is 5.69 Å². The quantitative estimate of drug-likeness (QED) is 0.529. The maximum absolute atomic E-state index is 8.82. The lowest BCUT2D eigenvalue weighted by Crippen LogP contribution is -2.04. The topological polar surface area (TPSA) is 101 Å². The first-order valence-electron chi connectivity index (χ1n) is 4.37. The molecule has 0 heterocycles. The molecule has 0 saturated carbocycles. The molecular weight excluding hydrogens is 180 g/mol. The Hall–Kier alpha value is -1.10. The summed E-state index contributed by atoms with van der Waals surface area (Å²) < 4.78 is 0. The molecule has 0 aliphatic carbocycles. The van der Waals surface area contributed by atoms with Crippen LogP contribution in [0.25, 0.3) is 0 Å². The van der Waals surface area contributed by atoms with Gasteiger partial charge in [0.25, 0.3) is 0 Å². The normalized spacial score (nSPS) is 9.57. The van der Waals surface area contributed by atoms with Crippen LogP contribution >= 0.6 is 0 Å². The number of hydrogen-bond acceptors (Lipinski definition) is 4. The first-order valence-corrected chi connectivity index (χ1v) is 4.37.